The minimum absolute atomic E-state index is 0.00345. The average Bonchev–Trinajstić information content (AvgIpc) is 1.63. The van der Waals surface area contributed by atoms with Gasteiger partial charge in [0.25, 0.3) is 0 Å². The van der Waals surface area contributed by atoms with Crippen molar-refractivity contribution in [3.05, 3.63) is 0 Å². The number of hydrogen-bond donors (Lipinski definition) is 0. The van der Waals surface area contributed by atoms with E-state index < -0.39 is 0 Å². The molecule has 0 heterocycles. The van der Waals surface area contributed by atoms with Crippen LogP contribution in [0.3, 0.4) is 0 Å². The van der Waals surface area contributed by atoms with Crippen LogP contribution in [-0.2, 0) is 47.7 Å². The number of ether oxygens (including phenoxy) is 5. The van der Waals surface area contributed by atoms with Crippen molar-refractivity contribution in [1.29, 1.82) is 0 Å². The zero-order chi connectivity index (χ0) is 74.4. The number of unbranched alkanes of at least 4 members (excludes halogenated alkanes) is 1. The Morgan fingerprint density at radius 2 is 0.802 bits per heavy atom. The van der Waals surface area contributed by atoms with Crippen molar-refractivity contribution in [3.8, 4) is 0 Å². The quantitative estimate of drug-likeness (QED) is 0.0857. The lowest BCUT2D eigenvalue weighted by atomic mass is 9.45. The monoisotopic (exact) mass is 1410 g/mol. The summed E-state index contributed by atoms with van der Waals surface area (Å²) in [5, 5.41) is 0. The van der Waals surface area contributed by atoms with Gasteiger partial charge in [0.05, 0.1) is 27.1 Å². The number of esters is 5. The first-order valence-corrected chi connectivity index (χ1v) is 43.2. The van der Waals surface area contributed by atoms with Crippen LogP contribution in [0.25, 0.3) is 0 Å². The van der Waals surface area contributed by atoms with E-state index in [0.29, 0.717) is 11.8 Å². The van der Waals surface area contributed by atoms with Gasteiger partial charge in [0.15, 0.2) is 0 Å². The Balaban J connectivity index is 0.000000147. The third kappa shape index (κ3) is 17.6. The normalized spacial score (nSPS) is 38.4. The molecule has 15 aliphatic rings. The first-order chi connectivity index (χ1) is 47.1. The number of fused-ring (bicyclic) bond motifs is 7. The van der Waals surface area contributed by atoms with Crippen LogP contribution in [0.15, 0.2) is 0 Å². The zero-order valence-electron chi connectivity index (χ0n) is 69.5. The van der Waals surface area contributed by atoms with Crippen molar-refractivity contribution in [2.24, 2.45) is 121 Å². The Morgan fingerprint density at radius 1 is 0.366 bits per heavy atom. The molecule has 0 spiro atoms. The number of carbonyl (C=O) groups excluding carboxylic acids is 5. The van der Waals surface area contributed by atoms with E-state index >= 15 is 0 Å². The summed E-state index contributed by atoms with van der Waals surface area (Å²) in [5.41, 5.74) is -2.34. The van der Waals surface area contributed by atoms with E-state index in [4.69, 9.17) is 23.7 Å². The second-order valence-electron chi connectivity index (χ2n) is 42.1. The molecule has 15 saturated carbocycles. The Bertz CT molecular complexity index is 2770. The standard InChI is InChI=1S/C22H38O2.C18H30O2.C17H28O2.2C17H30O2/c1-6-8-9-21(5,24-19(23)20(3,4)7-2)22-13-16-10-17(14-22)12-18(11-16)15-22;1-6-16(2,3)15(19)20-17(4,5)18-10-12-7-13(11-18)9-14(18)8-12;1-5-16(2,3)15(18)19-17(4)10-11-9-14(17)13-8-6-7-12(11)13;1-5-16(2,3)15(18)19-17(4)12-8-10-13-9-6-7-11-14(13)17;1-5-16(2,3)15(18)19-17(4)11-10-13-8-6-7-9-14(13)12-17/h16-18H,6-15H2,1-5H3;12-14H,6-11H2,1-5H3;11-14H,5-10H2,1-4H3;2*13-14H,5-12H2,1-4H3. The number of hydrogen-bond acceptors (Lipinski definition) is 10. The van der Waals surface area contributed by atoms with E-state index in [9.17, 15) is 24.0 Å². The highest BCUT2D eigenvalue weighted by molar-refractivity contribution is 5.78. The highest BCUT2D eigenvalue weighted by Gasteiger charge is 2.66. The molecular formula is C91H156O10. The van der Waals surface area contributed by atoms with E-state index in [0.717, 1.165) is 142 Å². The lowest BCUT2D eigenvalue weighted by molar-refractivity contribution is -0.213. The zero-order valence-corrected chi connectivity index (χ0v) is 69.5. The Kier molecular flexibility index (Phi) is 25.7. The lowest BCUT2D eigenvalue weighted by Gasteiger charge is -2.62. The van der Waals surface area contributed by atoms with E-state index in [2.05, 4.69) is 83.1 Å². The highest BCUT2D eigenvalue weighted by Crippen LogP contribution is 2.71. The van der Waals surface area contributed by atoms with Crippen LogP contribution in [0.4, 0.5) is 0 Å². The van der Waals surface area contributed by atoms with Gasteiger partial charge >= 0.3 is 29.8 Å². The summed E-state index contributed by atoms with van der Waals surface area (Å²) in [7, 11) is 0. The van der Waals surface area contributed by atoms with Gasteiger partial charge in [0, 0.05) is 22.7 Å². The van der Waals surface area contributed by atoms with Crippen molar-refractivity contribution in [1.82, 2.24) is 0 Å². The van der Waals surface area contributed by atoms with Gasteiger partial charge in [-0.25, -0.2) is 0 Å². The average molecular weight is 1410 g/mol. The highest BCUT2D eigenvalue weighted by atomic mass is 16.6. The first-order valence-electron chi connectivity index (χ1n) is 43.2. The Labute approximate surface area is 619 Å². The van der Waals surface area contributed by atoms with Gasteiger partial charge in [-0.1, -0.05) is 99.3 Å². The van der Waals surface area contributed by atoms with Crippen LogP contribution < -0.4 is 0 Å². The summed E-state index contributed by atoms with van der Waals surface area (Å²) in [6.45, 7) is 45.9. The molecule has 10 nitrogen and oxygen atoms in total. The van der Waals surface area contributed by atoms with Crippen LogP contribution >= 0.6 is 0 Å². The molecule has 15 aliphatic carbocycles. The first kappa shape index (κ1) is 82.4. The summed E-state index contributed by atoms with van der Waals surface area (Å²) in [4.78, 5) is 62.6. The molecule has 101 heavy (non-hydrogen) atoms. The van der Waals surface area contributed by atoms with E-state index in [1.807, 2.05) is 69.2 Å². The van der Waals surface area contributed by atoms with Crippen molar-refractivity contribution < 1.29 is 47.7 Å². The summed E-state index contributed by atoms with van der Waals surface area (Å²) in [5.74, 6) is 11.7. The van der Waals surface area contributed by atoms with Gasteiger partial charge in [-0.3, -0.25) is 24.0 Å². The molecule has 0 amide bonds. The van der Waals surface area contributed by atoms with Crippen LogP contribution in [0, 0.1) is 121 Å². The molecule has 14 atom stereocenters. The fourth-order valence-corrected chi connectivity index (χ4v) is 24.1. The van der Waals surface area contributed by atoms with Gasteiger partial charge in [0.2, 0.25) is 0 Å². The van der Waals surface area contributed by atoms with Crippen LogP contribution in [0.1, 0.15) is 396 Å². The molecule has 14 unspecified atom stereocenters. The second kappa shape index (κ2) is 31.5. The molecule has 0 aromatic rings. The van der Waals surface area contributed by atoms with Crippen molar-refractivity contribution >= 4 is 29.8 Å². The maximum atomic E-state index is 12.9. The maximum absolute atomic E-state index is 12.9. The molecule has 15 rings (SSSR count). The van der Waals surface area contributed by atoms with E-state index in [1.54, 1.807) is 0 Å². The molecule has 10 bridgehead atoms. The Hall–Kier alpha value is -2.65. The van der Waals surface area contributed by atoms with E-state index in [1.165, 1.54) is 173 Å². The van der Waals surface area contributed by atoms with Crippen LogP contribution in [-0.4, -0.2) is 57.9 Å². The van der Waals surface area contributed by atoms with Crippen LogP contribution in [0.5, 0.6) is 0 Å². The topological polar surface area (TPSA) is 132 Å². The SMILES string of the molecule is CCC(C)(C)C(=O)OC(C)(C)C12CC3CC(CC1C3)C2.CCC(C)(C)C(=O)OC1(C)CC2CC1C1CCCC21.CCC(C)(C)C(=O)OC1(C)CCC2CCCCC2C1.CCC(C)(C)C(=O)OC1(C)CCCC2CCCCC21.CCCCC(C)(OC(=O)C(C)(C)CC)C12CC3CC(CC(C3)C1)C2. The largest absolute Gasteiger partial charge is 0.459 e. The van der Waals surface area contributed by atoms with Gasteiger partial charge in [0.1, 0.15) is 28.0 Å². The summed E-state index contributed by atoms with van der Waals surface area (Å²) in [6.07, 6.45) is 47.0. The fourth-order valence-electron chi connectivity index (χ4n) is 24.1. The third-order valence-corrected chi connectivity index (χ3v) is 32.7. The predicted octanol–water partition coefficient (Wildman–Crippen LogP) is 24.3. The van der Waals surface area contributed by atoms with Crippen LogP contribution in [0.2, 0.25) is 0 Å². The number of carbonyl (C=O) groups is 5. The van der Waals surface area contributed by atoms with Crippen molar-refractivity contribution in [3.63, 3.8) is 0 Å². The molecule has 0 radical (unpaired) electrons. The maximum Gasteiger partial charge on any atom is 0.312 e. The van der Waals surface area contributed by atoms with Gasteiger partial charge in [-0.05, 0) is 368 Å². The molecule has 0 aromatic heterocycles. The molecule has 580 valence electrons. The van der Waals surface area contributed by atoms with E-state index in [-0.39, 0.29) is 95.8 Å². The molecular weight excluding hydrogens is 1250 g/mol. The summed E-state index contributed by atoms with van der Waals surface area (Å²) < 4.78 is 30.6. The smallest absolute Gasteiger partial charge is 0.312 e. The lowest BCUT2D eigenvalue weighted by Crippen LogP contribution is -2.59. The molecule has 15 fully saturated rings. The third-order valence-electron chi connectivity index (χ3n) is 32.7. The minimum atomic E-state index is -0.365. The van der Waals surface area contributed by atoms with Gasteiger partial charge < -0.3 is 23.7 Å². The molecule has 0 aromatic carbocycles. The molecule has 0 N–H and O–H groups in total. The fraction of sp³-hybridized carbons (Fsp3) is 0.945. The minimum Gasteiger partial charge on any atom is -0.459 e. The predicted molar refractivity (Wildman–Crippen MR) is 410 cm³/mol. The summed E-state index contributed by atoms with van der Waals surface area (Å²) in [6, 6.07) is 0. The Morgan fingerprint density at radius 3 is 1.32 bits per heavy atom. The molecule has 0 aliphatic heterocycles. The second-order valence-corrected chi connectivity index (χ2v) is 42.1. The van der Waals surface area contributed by atoms with Crippen molar-refractivity contribution in [2.45, 2.75) is 424 Å². The van der Waals surface area contributed by atoms with Crippen molar-refractivity contribution in [2.75, 3.05) is 0 Å². The number of rotatable bonds is 20. The molecule has 0 saturated heterocycles. The summed E-state index contributed by atoms with van der Waals surface area (Å²) >= 11 is 0. The van der Waals surface area contributed by atoms with Gasteiger partial charge in [-0.2, -0.15) is 0 Å². The van der Waals surface area contributed by atoms with Gasteiger partial charge in [-0.15, -0.1) is 0 Å². The molecule has 10 heteroatoms.